The van der Waals surface area contributed by atoms with Gasteiger partial charge in [-0.3, -0.25) is 9.59 Å². The van der Waals surface area contributed by atoms with E-state index in [1.807, 2.05) is 0 Å². The molecule has 0 amide bonds. The van der Waals surface area contributed by atoms with E-state index in [1.54, 1.807) is 0 Å². The third kappa shape index (κ3) is 5.47. The van der Waals surface area contributed by atoms with Crippen LogP contribution in [0.15, 0.2) is 0 Å². The molecule has 4 nitrogen and oxygen atoms in total. The van der Waals surface area contributed by atoms with E-state index in [-0.39, 0.29) is 29.4 Å². The first-order valence-electron chi connectivity index (χ1n) is 13.2. The number of ether oxygens (including phenoxy) is 2. The molecule has 3 saturated carbocycles. The van der Waals surface area contributed by atoms with Crippen LogP contribution in [0.25, 0.3) is 0 Å². The lowest BCUT2D eigenvalue weighted by Gasteiger charge is -2.27. The molecule has 0 spiro atoms. The molecular weight excluding hydrogens is 388 g/mol. The molecule has 4 heteroatoms. The van der Waals surface area contributed by atoms with Crippen molar-refractivity contribution in [1.29, 1.82) is 0 Å². The number of hydrogen-bond acceptors (Lipinski definition) is 4. The lowest BCUT2D eigenvalue weighted by atomic mass is 9.88. The normalized spacial score (nSPS) is 38.4. The van der Waals surface area contributed by atoms with Crippen molar-refractivity contribution in [2.45, 2.75) is 111 Å². The zero-order valence-corrected chi connectivity index (χ0v) is 20.7. The van der Waals surface area contributed by atoms with Gasteiger partial charge in [0.1, 0.15) is 5.60 Å². The Morgan fingerprint density at radius 1 is 0.935 bits per heavy atom. The molecule has 31 heavy (non-hydrogen) atoms. The molecule has 178 valence electrons. The van der Waals surface area contributed by atoms with Crippen LogP contribution in [0.3, 0.4) is 0 Å². The summed E-state index contributed by atoms with van der Waals surface area (Å²) in [6.07, 6.45) is 12.7. The van der Waals surface area contributed by atoms with Gasteiger partial charge in [-0.15, -0.1) is 0 Å². The molecule has 0 bridgehead atoms. The number of carbonyl (C=O) groups excluding carboxylic acids is 2. The van der Waals surface area contributed by atoms with Crippen molar-refractivity contribution in [1.82, 2.24) is 0 Å². The van der Waals surface area contributed by atoms with E-state index in [2.05, 4.69) is 34.6 Å². The van der Waals surface area contributed by atoms with Crippen LogP contribution >= 0.6 is 0 Å². The first-order valence-corrected chi connectivity index (χ1v) is 13.2. The topological polar surface area (TPSA) is 52.6 Å². The molecule has 4 aliphatic rings. The van der Waals surface area contributed by atoms with Gasteiger partial charge in [-0.25, -0.2) is 0 Å². The van der Waals surface area contributed by atoms with Gasteiger partial charge in [0.2, 0.25) is 0 Å². The Bertz CT molecular complexity index is 608. The van der Waals surface area contributed by atoms with E-state index in [4.69, 9.17) is 9.47 Å². The van der Waals surface area contributed by atoms with Crippen molar-refractivity contribution in [3.63, 3.8) is 0 Å². The van der Waals surface area contributed by atoms with Crippen molar-refractivity contribution in [2.75, 3.05) is 6.61 Å². The fourth-order valence-electron chi connectivity index (χ4n) is 6.98. The molecule has 1 aliphatic heterocycles. The van der Waals surface area contributed by atoms with Gasteiger partial charge in [-0.05, 0) is 75.5 Å². The lowest BCUT2D eigenvalue weighted by molar-refractivity contribution is -0.164. The highest BCUT2D eigenvalue weighted by Crippen LogP contribution is 2.48. The maximum absolute atomic E-state index is 12.4. The highest BCUT2D eigenvalue weighted by molar-refractivity contribution is 5.75. The maximum atomic E-state index is 12.4. The molecule has 0 aromatic heterocycles. The minimum absolute atomic E-state index is 0.0767. The Morgan fingerprint density at radius 2 is 1.58 bits per heavy atom. The Kier molecular flexibility index (Phi) is 8.49. The Hall–Kier alpha value is -1.06. The summed E-state index contributed by atoms with van der Waals surface area (Å²) >= 11 is 0. The van der Waals surface area contributed by atoms with E-state index >= 15 is 0 Å². The van der Waals surface area contributed by atoms with Crippen LogP contribution in [0.1, 0.15) is 105 Å². The van der Waals surface area contributed by atoms with Gasteiger partial charge >= 0.3 is 11.9 Å². The van der Waals surface area contributed by atoms with Crippen LogP contribution in [0, 0.1) is 41.4 Å². The minimum Gasteiger partial charge on any atom is -0.465 e. The fraction of sp³-hybridized carbons (Fsp3) is 0.926. The predicted molar refractivity (Wildman–Crippen MR) is 123 cm³/mol. The quantitative estimate of drug-likeness (QED) is 0.444. The maximum Gasteiger partial charge on any atom is 0.309 e. The highest BCUT2D eigenvalue weighted by Gasteiger charge is 2.50. The Morgan fingerprint density at radius 3 is 2.16 bits per heavy atom. The molecule has 7 atom stereocenters. The smallest absolute Gasteiger partial charge is 0.309 e. The van der Waals surface area contributed by atoms with E-state index in [1.165, 1.54) is 38.5 Å². The molecule has 1 heterocycles. The number of esters is 2. The van der Waals surface area contributed by atoms with Crippen molar-refractivity contribution in [3.05, 3.63) is 0 Å². The molecule has 0 radical (unpaired) electrons. The van der Waals surface area contributed by atoms with Crippen LogP contribution in [0.4, 0.5) is 0 Å². The van der Waals surface area contributed by atoms with Crippen LogP contribution in [-0.4, -0.2) is 24.1 Å². The molecule has 3 aliphatic carbocycles. The number of fused-ring (bicyclic) bond motifs is 1. The largest absolute Gasteiger partial charge is 0.465 e. The van der Waals surface area contributed by atoms with Crippen molar-refractivity contribution in [3.8, 4) is 0 Å². The summed E-state index contributed by atoms with van der Waals surface area (Å²) in [5.74, 6) is 3.78. The van der Waals surface area contributed by atoms with Crippen molar-refractivity contribution in [2.24, 2.45) is 41.4 Å². The molecule has 4 rings (SSSR count). The zero-order chi connectivity index (χ0) is 22.6. The summed E-state index contributed by atoms with van der Waals surface area (Å²) < 4.78 is 11.0. The van der Waals surface area contributed by atoms with E-state index in [9.17, 15) is 9.59 Å². The lowest BCUT2D eigenvalue weighted by Crippen LogP contribution is -2.33. The summed E-state index contributed by atoms with van der Waals surface area (Å²) in [6.45, 7) is 11.7. The molecule has 0 N–H and O–H groups in total. The van der Waals surface area contributed by atoms with Gasteiger partial charge in [0.25, 0.3) is 0 Å². The Labute approximate surface area is 190 Å². The van der Waals surface area contributed by atoms with Crippen LogP contribution in [0.5, 0.6) is 0 Å². The summed E-state index contributed by atoms with van der Waals surface area (Å²) in [6, 6.07) is 0. The number of rotatable bonds is 6. The average Bonchev–Trinajstić information content (AvgIpc) is 3.53. The van der Waals surface area contributed by atoms with Gasteiger partial charge in [0.05, 0.1) is 18.4 Å². The first kappa shape index (κ1) is 24.6. The SMILES string of the molecule is CCC1CC(CC)C(C(=O)OC2(C)CCCC2)C1.CCC1CC(CC)C2C(=O)OCC12. The Balaban J connectivity index is 0.000000185. The van der Waals surface area contributed by atoms with E-state index in [0.29, 0.717) is 24.4 Å². The second-order valence-electron chi connectivity index (χ2n) is 11.0. The van der Waals surface area contributed by atoms with E-state index in [0.717, 1.165) is 43.9 Å². The van der Waals surface area contributed by atoms with Crippen molar-refractivity contribution < 1.29 is 19.1 Å². The first-order chi connectivity index (χ1) is 14.9. The summed E-state index contributed by atoms with van der Waals surface area (Å²) in [5, 5.41) is 0. The molecule has 1 saturated heterocycles. The van der Waals surface area contributed by atoms with Crippen LogP contribution in [-0.2, 0) is 19.1 Å². The molecule has 0 aromatic rings. The fourth-order valence-corrected chi connectivity index (χ4v) is 6.98. The van der Waals surface area contributed by atoms with Crippen LogP contribution in [0.2, 0.25) is 0 Å². The molecular formula is C27H46O4. The zero-order valence-electron chi connectivity index (χ0n) is 20.7. The van der Waals surface area contributed by atoms with Gasteiger partial charge in [-0.1, -0.05) is 53.4 Å². The second kappa shape index (κ2) is 10.7. The number of cyclic esters (lactones) is 1. The van der Waals surface area contributed by atoms with Gasteiger partial charge in [-0.2, -0.15) is 0 Å². The monoisotopic (exact) mass is 434 g/mol. The molecule has 7 unspecified atom stereocenters. The summed E-state index contributed by atoms with van der Waals surface area (Å²) in [7, 11) is 0. The highest BCUT2D eigenvalue weighted by atomic mass is 16.6. The summed E-state index contributed by atoms with van der Waals surface area (Å²) in [5.41, 5.74) is -0.153. The second-order valence-corrected chi connectivity index (χ2v) is 11.0. The minimum atomic E-state index is -0.153. The third-order valence-corrected chi connectivity index (χ3v) is 9.12. The predicted octanol–water partition coefficient (Wildman–Crippen LogP) is 6.56. The van der Waals surface area contributed by atoms with E-state index < -0.39 is 0 Å². The van der Waals surface area contributed by atoms with Gasteiger partial charge in [0, 0.05) is 5.92 Å². The number of carbonyl (C=O) groups is 2. The van der Waals surface area contributed by atoms with Gasteiger partial charge in [0.15, 0.2) is 0 Å². The third-order valence-electron chi connectivity index (χ3n) is 9.12. The number of hydrogen-bond donors (Lipinski definition) is 0. The summed E-state index contributed by atoms with van der Waals surface area (Å²) in [4.78, 5) is 23.9. The molecule has 4 fully saturated rings. The molecule has 0 aromatic carbocycles. The average molecular weight is 435 g/mol. The van der Waals surface area contributed by atoms with Crippen molar-refractivity contribution >= 4 is 11.9 Å². The van der Waals surface area contributed by atoms with Crippen LogP contribution < -0.4 is 0 Å². The standard InChI is InChI=1S/C16H28O2.C11H18O2/c1-4-12-10-13(5-2)14(11-12)15(17)18-16(3)8-6-7-9-16;1-3-7-5-8(4-2)10-9(7)6-13-11(10)12/h12-14H,4-11H2,1-3H3;7-10H,3-6H2,1-2H3. The van der Waals surface area contributed by atoms with Gasteiger partial charge < -0.3 is 9.47 Å².